The number of benzene rings is 1. The van der Waals surface area contributed by atoms with Crippen LogP contribution in [0.25, 0.3) is 0 Å². The Morgan fingerprint density at radius 1 is 1.50 bits per heavy atom. The van der Waals surface area contributed by atoms with Crippen LogP contribution in [0.3, 0.4) is 0 Å². The lowest BCUT2D eigenvalue weighted by Crippen LogP contribution is -2.56. The van der Waals surface area contributed by atoms with Crippen molar-refractivity contribution in [3.63, 3.8) is 0 Å². The Bertz CT molecular complexity index is 391. The maximum absolute atomic E-state index is 6.01. The molecule has 0 aromatic heterocycles. The Balaban J connectivity index is 2.07. The number of halogens is 1. The van der Waals surface area contributed by atoms with Crippen molar-refractivity contribution in [2.75, 3.05) is 26.8 Å². The summed E-state index contributed by atoms with van der Waals surface area (Å²) in [6, 6.07) is 7.98. The Kier molecular flexibility index (Phi) is 4.62. The molecule has 0 aliphatic carbocycles. The molecule has 1 aromatic carbocycles. The molecule has 1 atom stereocenters. The highest BCUT2D eigenvalue weighted by Crippen LogP contribution is 2.26. The van der Waals surface area contributed by atoms with Crippen molar-refractivity contribution in [2.24, 2.45) is 5.73 Å². The summed E-state index contributed by atoms with van der Waals surface area (Å²) < 4.78 is 5.61. The number of nitrogens with two attached hydrogens (primary N) is 1. The third kappa shape index (κ3) is 3.04. The molecule has 1 aromatic rings. The van der Waals surface area contributed by atoms with Crippen molar-refractivity contribution in [3.8, 4) is 0 Å². The van der Waals surface area contributed by atoms with E-state index in [4.69, 9.17) is 22.1 Å². The molecule has 0 spiro atoms. The number of hydrogen-bond acceptors (Lipinski definition) is 3. The average molecular weight is 269 g/mol. The summed E-state index contributed by atoms with van der Waals surface area (Å²) in [5, 5.41) is 0.780. The van der Waals surface area contributed by atoms with Crippen molar-refractivity contribution < 1.29 is 4.74 Å². The van der Waals surface area contributed by atoms with Gasteiger partial charge in [0.25, 0.3) is 0 Å². The zero-order valence-corrected chi connectivity index (χ0v) is 11.6. The van der Waals surface area contributed by atoms with E-state index in [1.165, 1.54) is 5.56 Å². The molecule has 1 fully saturated rings. The highest BCUT2D eigenvalue weighted by Gasteiger charge is 2.35. The van der Waals surface area contributed by atoms with Gasteiger partial charge < -0.3 is 10.5 Å². The number of ether oxygens (including phenoxy) is 1. The van der Waals surface area contributed by atoms with Gasteiger partial charge in [-0.15, -0.1) is 0 Å². The zero-order valence-electron chi connectivity index (χ0n) is 10.9. The SMILES string of the molecule is CN(Cc1cccc(Cl)c1)C1(CN)CCCOC1. The van der Waals surface area contributed by atoms with Crippen LogP contribution in [-0.2, 0) is 11.3 Å². The van der Waals surface area contributed by atoms with E-state index in [0.29, 0.717) is 6.54 Å². The standard InChI is InChI=1S/C14H21ClN2O/c1-17(9-12-4-2-5-13(15)8-12)14(10-16)6-3-7-18-11-14/h2,4-5,8H,3,6-7,9-11,16H2,1H3. The summed E-state index contributed by atoms with van der Waals surface area (Å²) in [5.41, 5.74) is 7.16. The van der Waals surface area contributed by atoms with Gasteiger partial charge in [0.2, 0.25) is 0 Å². The maximum atomic E-state index is 6.01. The van der Waals surface area contributed by atoms with Crippen LogP contribution in [-0.4, -0.2) is 37.2 Å². The van der Waals surface area contributed by atoms with Gasteiger partial charge in [0.15, 0.2) is 0 Å². The summed E-state index contributed by atoms with van der Waals surface area (Å²) >= 11 is 6.01. The Labute approximate surface area is 114 Å². The van der Waals surface area contributed by atoms with Gasteiger partial charge in [0.05, 0.1) is 12.1 Å². The molecule has 1 saturated heterocycles. The van der Waals surface area contributed by atoms with Crippen molar-refractivity contribution in [3.05, 3.63) is 34.9 Å². The van der Waals surface area contributed by atoms with Crippen LogP contribution in [0.15, 0.2) is 24.3 Å². The van der Waals surface area contributed by atoms with Crippen LogP contribution in [0, 0.1) is 0 Å². The van der Waals surface area contributed by atoms with Crippen molar-refractivity contribution in [2.45, 2.75) is 24.9 Å². The van der Waals surface area contributed by atoms with Crippen LogP contribution in [0.1, 0.15) is 18.4 Å². The van der Waals surface area contributed by atoms with E-state index in [-0.39, 0.29) is 5.54 Å². The van der Waals surface area contributed by atoms with E-state index < -0.39 is 0 Å². The van der Waals surface area contributed by atoms with Crippen LogP contribution in [0.5, 0.6) is 0 Å². The summed E-state index contributed by atoms with van der Waals surface area (Å²) in [6.45, 7) is 3.05. The van der Waals surface area contributed by atoms with Crippen LogP contribution in [0.4, 0.5) is 0 Å². The molecule has 1 unspecified atom stereocenters. The maximum Gasteiger partial charge on any atom is 0.0662 e. The highest BCUT2D eigenvalue weighted by molar-refractivity contribution is 6.30. The minimum atomic E-state index is -0.0272. The number of rotatable bonds is 4. The van der Waals surface area contributed by atoms with Crippen molar-refractivity contribution in [1.29, 1.82) is 0 Å². The summed E-state index contributed by atoms with van der Waals surface area (Å²) in [6.07, 6.45) is 2.18. The molecule has 2 N–H and O–H groups in total. The fourth-order valence-corrected chi connectivity index (χ4v) is 2.75. The van der Waals surface area contributed by atoms with Gasteiger partial charge in [-0.25, -0.2) is 0 Å². The molecule has 18 heavy (non-hydrogen) atoms. The normalized spacial score (nSPS) is 24.4. The van der Waals surface area contributed by atoms with Gasteiger partial charge in [-0.3, -0.25) is 4.90 Å². The van der Waals surface area contributed by atoms with Crippen LogP contribution < -0.4 is 5.73 Å². The molecule has 0 radical (unpaired) electrons. The minimum absolute atomic E-state index is 0.0272. The van der Waals surface area contributed by atoms with Gasteiger partial charge >= 0.3 is 0 Å². The second kappa shape index (κ2) is 6.02. The first-order chi connectivity index (χ1) is 8.66. The topological polar surface area (TPSA) is 38.5 Å². The fraction of sp³-hybridized carbons (Fsp3) is 0.571. The Morgan fingerprint density at radius 3 is 2.94 bits per heavy atom. The quantitative estimate of drug-likeness (QED) is 0.911. The lowest BCUT2D eigenvalue weighted by atomic mass is 9.90. The molecule has 3 nitrogen and oxygen atoms in total. The molecule has 0 saturated carbocycles. The second-order valence-corrected chi connectivity index (χ2v) is 5.51. The lowest BCUT2D eigenvalue weighted by Gasteiger charge is -2.43. The van der Waals surface area contributed by atoms with Crippen LogP contribution >= 0.6 is 11.6 Å². The minimum Gasteiger partial charge on any atom is -0.379 e. The average Bonchev–Trinajstić information content (AvgIpc) is 2.39. The molecular formula is C14H21ClN2O. The summed E-state index contributed by atoms with van der Waals surface area (Å²) in [7, 11) is 2.11. The van der Waals surface area contributed by atoms with Gasteiger partial charge in [-0.2, -0.15) is 0 Å². The van der Waals surface area contributed by atoms with Gasteiger partial charge in [0.1, 0.15) is 0 Å². The predicted octanol–water partition coefficient (Wildman–Crippen LogP) is 2.28. The Morgan fingerprint density at radius 2 is 2.33 bits per heavy atom. The predicted molar refractivity (Wildman–Crippen MR) is 74.8 cm³/mol. The van der Waals surface area contributed by atoms with Crippen LogP contribution in [0.2, 0.25) is 5.02 Å². The van der Waals surface area contributed by atoms with Gasteiger partial charge in [0, 0.05) is 24.7 Å². The third-order valence-electron chi connectivity index (χ3n) is 3.80. The number of likely N-dealkylation sites (N-methyl/N-ethyl adjacent to an activating group) is 1. The van der Waals surface area contributed by atoms with E-state index in [9.17, 15) is 0 Å². The fourth-order valence-electron chi connectivity index (χ4n) is 2.53. The lowest BCUT2D eigenvalue weighted by molar-refractivity contribution is -0.0374. The summed E-state index contributed by atoms with van der Waals surface area (Å²) in [5.74, 6) is 0. The van der Waals surface area contributed by atoms with Gasteiger partial charge in [-0.05, 0) is 37.6 Å². The van der Waals surface area contributed by atoms with E-state index in [1.54, 1.807) is 0 Å². The zero-order chi connectivity index (χ0) is 13.0. The smallest absolute Gasteiger partial charge is 0.0662 e. The molecular weight excluding hydrogens is 248 g/mol. The molecule has 2 rings (SSSR count). The molecule has 0 amide bonds. The number of nitrogens with zero attached hydrogens (tertiary/aromatic N) is 1. The third-order valence-corrected chi connectivity index (χ3v) is 4.04. The molecule has 100 valence electrons. The molecule has 1 aliphatic rings. The molecule has 1 heterocycles. The van der Waals surface area contributed by atoms with E-state index in [1.807, 2.05) is 18.2 Å². The number of hydrogen-bond donors (Lipinski definition) is 1. The molecule has 4 heteroatoms. The van der Waals surface area contributed by atoms with E-state index >= 15 is 0 Å². The van der Waals surface area contributed by atoms with Gasteiger partial charge in [-0.1, -0.05) is 23.7 Å². The molecule has 0 bridgehead atoms. The van der Waals surface area contributed by atoms with E-state index in [0.717, 1.165) is 37.6 Å². The monoisotopic (exact) mass is 268 g/mol. The highest BCUT2D eigenvalue weighted by atomic mass is 35.5. The van der Waals surface area contributed by atoms with Crippen molar-refractivity contribution >= 4 is 11.6 Å². The molecule has 1 aliphatic heterocycles. The van der Waals surface area contributed by atoms with Crippen molar-refractivity contribution in [1.82, 2.24) is 4.90 Å². The second-order valence-electron chi connectivity index (χ2n) is 5.07. The van der Waals surface area contributed by atoms with E-state index in [2.05, 4.69) is 18.0 Å². The first-order valence-electron chi connectivity index (χ1n) is 6.40. The first-order valence-corrected chi connectivity index (χ1v) is 6.78. The summed E-state index contributed by atoms with van der Waals surface area (Å²) in [4.78, 5) is 2.30. The Hall–Kier alpha value is -0.610. The first kappa shape index (κ1) is 13.8. The largest absolute Gasteiger partial charge is 0.379 e.